The number of nitrogens with one attached hydrogen (secondary N) is 1. The molecule has 2 nitrogen and oxygen atoms in total. The van der Waals surface area contributed by atoms with Crippen molar-refractivity contribution in [3.8, 4) is 0 Å². The van der Waals surface area contributed by atoms with Crippen LogP contribution in [0.25, 0.3) is 0 Å². The summed E-state index contributed by atoms with van der Waals surface area (Å²) in [7, 11) is 0. The molecule has 0 saturated carbocycles. The van der Waals surface area contributed by atoms with Crippen LogP contribution >= 0.6 is 0 Å². The van der Waals surface area contributed by atoms with E-state index in [-0.39, 0.29) is 6.04 Å². The van der Waals surface area contributed by atoms with E-state index in [1.165, 1.54) is 0 Å². The average Bonchev–Trinajstić information content (AvgIpc) is 1.83. The summed E-state index contributed by atoms with van der Waals surface area (Å²) in [6.07, 6.45) is 1.79. The van der Waals surface area contributed by atoms with E-state index in [1.54, 1.807) is 6.08 Å². The molecule has 0 radical (unpaired) electrons. The van der Waals surface area contributed by atoms with Crippen molar-refractivity contribution in [1.82, 2.24) is 5.48 Å². The van der Waals surface area contributed by atoms with Crippen LogP contribution in [0.1, 0.15) is 13.8 Å². The smallest absolute Gasteiger partial charge is 0.0654 e. The minimum absolute atomic E-state index is 0.245. The molecule has 1 unspecified atom stereocenters. The van der Waals surface area contributed by atoms with Crippen molar-refractivity contribution in [3.05, 3.63) is 12.7 Å². The van der Waals surface area contributed by atoms with Crippen LogP contribution in [0.2, 0.25) is 0 Å². The SMILES string of the molecule is C=CC(C)NOCC. The first kappa shape index (κ1) is 7.66. The highest BCUT2D eigenvalue weighted by molar-refractivity contribution is 4.77. The van der Waals surface area contributed by atoms with Crippen molar-refractivity contribution in [1.29, 1.82) is 0 Å². The zero-order chi connectivity index (χ0) is 6.41. The van der Waals surface area contributed by atoms with Crippen LogP contribution in [-0.2, 0) is 4.84 Å². The molecular weight excluding hydrogens is 102 g/mol. The molecule has 0 amide bonds. The lowest BCUT2D eigenvalue weighted by atomic mass is 10.4. The first-order valence-corrected chi connectivity index (χ1v) is 2.81. The Hall–Kier alpha value is -0.340. The molecule has 8 heavy (non-hydrogen) atoms. The molecule has 0 aromatic rings. The lowest BCUT2D eigenvalue weighted by molar-refractivity contribution is 0.0393. The molecule has 0 aliphatic rings. The third-order valence-electron chi connectivity index (χ3n) is 0.767. The fourth-order valence-electron chi connectivity index (χ4n) is 0.263. The van der Waals surface area contributed by atoms with Crippen molar-refractivity contribution in [3.63, 3.8) is 0 Å². The lowest BCUT2D eigenvalue weighted by Crippen LogP contribution is -2.23. The van der Waals surface area contributed by atoms with Crippen molar-refractivity contribution >= 4 is 0 Å². The maximum Gasteiger partial charge on any atom is 0.0654 e. The third kappa shape index (κ3) is 3.84. The Morgan fingerprint density at radius 2 is 2.50 bits per heavy atom. The molecule has 0 aromatic carbocycles. The predicted octanol–water partition coefficient (Wildman–Crippen LogP) is 1.10. The summed E-state index contributed by atoms with van der Waals surface area (Å²) in [5.41, 5.74) is 2.76. The van der Waals surface area contributed by atoms with Gasteiger partial charge in [-0.3, -0.25) is 0 Å². The van der Waals surface area contributed by atoms with E-state index < -0.39 is 0 Å². The maximum atomic E-state index is 4.86. The number of hydroxylamine groups is 1. The Morgan fingerprint density at radius 3 is 2.88 bits per heavy atom. The second kappa shape index (κ2) is 4.81. The molecule has 0 aromatic heterocycles. The topological polar surface area (TPSA) is 21.3 Å². The van der Waals surface area contributed by atoms with Gasteiger partial charge in [-0.1, -0.05) is 6.08 Å². The highest BCUT2D eigenvalue weighted by Crippen LogP contribution is 1.79. The molecule has 0 heterocycles. The summed E-state index contributed by atoms with van der Waals surface area (Å²) in [6, 6.07) is 0.245. The van der Waals surface area contributed by atoms with Crippen LogP contribution < -0.4 is 5.48 Å². The molecule has 0 spiro atoms. The zero-order valence-electron chi connectivity index (χ0n) is 5.48. The minimum atomic E-state index is 0.245. The monoisotopic (exact) mass is 115 g/mol. The molecule has 0 saturated heterocycles. The highest BCUT2D eigenvalue weighted by atomic mass is 16.6. The van der Waals surface area contributed by atoms with Gasteiger partial charge in [0, 0.05) is 6.04 Å². The third-order valence-corrected chi connectivity index (χ3v) is 0.767. The molecule has 2 heteroatoms. The van der Waals surface area contributed by atoms with Crippen LogP contribution in [0, 0.1) is 0 Å². The van der Waals surface area contributed by atoms with E-state index in [9.17, 15) is 0 Å². The van der Waals surface area contributed by atoms with Crippen LogP contribution in [-0.4, -0.2) is 12.6 Å². The van der Waals surface area contributed by atoms with E-state index in [4.69, 9.17) is 4.84 Å². The van der Waals surface area contributed by atoms with Crippen molar-refractivity contribution in [2.24, 2.45) is 0 Å². The van der Waals surface area contributed by atoms with Crippen LogP contribution in [0.15, 0.2) is 12.7 Å². The highest BCUT2D eigenvalue weighted by Gasteiger charge is 1.89. The van der Waals surface area contributed by atoms with Gasteiger partial charge in [-0.15, -0.1) is 6.58 Å². The van der Waals surface area contributed by atoms with Crippen LogP contribution in [0.5, 0.6) is 0 Å². The molecule has 48 valence electrons. The quantitative estimate of drug-likeness (QED) is 0.437. The molecule has 0 aliphatic heterocycles. The second-order valence-electron chi connectivity index (χ2n) is 1.58. The van der Waals surface area contributed by atoms with Crippen LogP contribution in [0.3, 0.4) is 0 Å². The van der Waals surface area contributed by atoms with Gasteiger partial charge in [-0.2, -0.15) is 5.48 Å². The summed E-state index contributed by atoms with van der Waals surface area (Å²) in [6.45, 7) is 8.17. The molecule has 0 fully saturated rings. The molecular formula is C6H13NO. The summed E-state index contributed by atoms with van der Waals surface area (Å²) < 4.78 is 0. The Morgan fingerprint density at radius 1 is 1.88 bits per heavy atom. The van der Waals surface area contributed by atoms with Gasteiger partial charge in [0.15, 0.2) is 0 Å². The van der Waals surface area contributed by atoms with Crippen molar-refractivity contribution in [2.45, 2.75) is 19.9 Å². The van der Waals surface area contributed by atoms with E-state index in [1.807, 2.05) is 13.8 Å². The second-order valence-corrected chi connectivity index (χ2v) is 1.58. The molecule has 0 aliphatic carbocycles. The van der Waals surface area contributed by atoms with Crippen molar-refractivity contribution < 1.29 is 4.84 Å². The Bertz CT molecular complexity index is 63.5. The fraction of sp³-hybridized carbons (Fsp3) is 0.667. The number of hydrogen-bond donors (Lipinski definition) is 1. The summed E-state index contributed by atoms with van der Waals surface area (Å²) in [5.74, 6) is 0. The Labute approximate surface area is 50.5 Å². The van der Waals surface area contributed by atoms with Gasteiger partial charge in [0.25, 0.3) is 0 Å². The van der Waals surface area contributed by atoms with Gasteiger partial charge in [-0.05, 0) is 13.8 Å². The van der Waals surface area contributed by atoms with Gasteiger partial charge >= 0.3 is 0 Å². The first-order valence-electron chi connectivity index (χ1n) is 2.81. The normalized spacial score (nSPS) is 13.2. The first-order chi connectivity index (χ1) is 3.81. The largest absolute Gasteiger partial charge is 0.302 e. The van der Waals surface area contributed by atoms with E-state index in [0.717, 1.165) is 0 Å². The minimum Gasteiger partial charge on any atom is -0.302 e. The van der Waals surface area contributed by atoms with Gasteiger partial charge < -0.3 is 4.84 Å². The Balaban J connectivity index is 2.98. The van der Waals surface area contributed by atoms with Gasteiger partial charge in [-0.25, -0.2) is 0 Å². The molecule has 0 bridgehead atoms. The summed E-state index contributed by atoms with van der Waals surface area (Å²) >= 11 is 0. The zero-order valence-corrected chi connectivity index (χ0v) is 5.48. The fourth-order valence-corrected chi connectivity index (χ4v) is 0.263. The lowest BCUT2D eigenvalue weighted by Gasteiger charge is -2.05. The van der Waals surface area contributed by atoms with Gasteiger partial charge in [0.1, 0.15) is 0 Å². The summed E-state index contributed by atoms with van der Waals surface area (Å²) in [4.78, 5) is 4.86. The maximum absolute atomic E-state index is 4.86. The van der Waals surface area contributed by atoms with Crippen LogP contribution in [0.4, 0.5) is 0 Å². The Kier molecular flexibility index (Phi) is 4.61. The molecule has 1 atom stereocenters. The average molecular weight is 115 g/mol. The van der Waals surface area contributed by atoms with E-state index in [0.29, 0.717) is 6.61 Å². The van der Waals surface area contributed by atoms with Gasteiger partial charge in [0.2, 0.25) is 0 Å². The van der Waals surface area contributed by atoms with Crippen molar-refractivity contribution in [2.75, 3.05) is 6.61 Å². The summed E-state index contributed by atoms with van der Waals surface area (Å²) in [5, 5.41) is 0. The molecule has 0 rings (SSSR count). The molecule has 1 N–H and O–H groups in total. The predicted molar refractivity (Wildman–Crippen MR) is 34.4 cm³/mol. The number of rotatable bonds is 4. The number of hydrogen-bond acceptors (Lipinski definition) is 2. The van der Waals surface area contributed by atoms with E-state index in [2.05, 4.69) is 12.1 Å². The standard InChI is InChI=1S/C6H13NO/c1-4-6(3)7-8-5-2/h4,6-7H,1,5H2,2-3H3. The van der Waals surface area contributed by atoms with E-state index >= 15 is 0 Å². The van der Waals surface area contributed by atoms with Gasteiger partial charge in [0.05, 0.1) is 6.61 Å².